The summed E-state index contributed by atoms with van der Waals surface area (Å²) >= 11 is 0. The molecule has 2 N–H and O–H groups in total. The third kappa shape index (κ3) is 3.15. The van der Waals surface area contributed by atoms with Crippen LogP contribution in [0.25, 0.3) is 0 Å². The van der Waals surface area contributed by atoms with Crippen molar-refractivity contribution in [3.8, 4) is 0 Å². The fraction of sp³-hybridized carbons (Fsp3) is 0.733. The van der Waals surface area contributed by atoms with Gasteiger partial charge >= 0.3 is 0 Å². The Kier molecular flexibility index (Phi) is 4.46. The smallest absolute Gasteiger partial charge is 0.134 e. The molecule has 4 atom stereocenters. The molecule has 1 aliphatic rings. The summed E-state index contributed by atoms with van der Waals surface area (Å²) in [7, 11) is 0. The molecule has 0 radical (unpaired) electrons. The third-order valence-corrected chi connectivity index (χ3v) is 3.87. The van der Waals surface area contributed by atoms with Crippen LogP contribution in [-0.2, 0) is 4.74 Å². The maximum Gasteiger partial charge on any atom is 0.134 e. The van der Waals surface area contributed by atoms with Gasteiger partial charge in [-0.05, 0) is 44.7 Å². The predicted octanol–water partition coefficient (Wildman–Crippen LogP) is 3.57. The van der Waals surface area contributed by atoms with Gasteiger partial charge in [-0.15, -0.1) is 0 Å². The van der Waals surface area contributed by atoms with E-state index in [0.29, 0.717) is 12.0 Å². The number of hydrogen-bond acceptors (Lipinski definition) is 3. The fourth-order valence-corrected chi connectivity index (χ4v) is 2.73. The molecule has 3 heteroatoms. The van der Waals surface area contributed by atoms with Crippen LogP contribution in [0.1, 0.15) is 57.2 Å². The molecule has 3 nitrogen and oxygen atoms in total. The summed E-state index contributed by atoms with van der Waals surface area (Å²) < 4.78 is 11.9. The van der Waals surface area contributed by atoms with Gasteiger partial charge in [0.05, 0.1) is 6.10 Å². The Morgan fingerprint density at radius 1 is 1.33 bits per heavy atom. The summed E-state index contributed by atoms with van der Waals surface area (Å²) in [6.07, 6.45) is 5.18. The fourth-order valence-electron chi connectivity index (χ4n) is 2.73. The highest BCUT2D eigenvalue weighted by atomic mass is 16.5. The van der Waals surface area contributed by atoms with Crippen LogP contribution in [0.15, 0.2) is 16.5 Å². The molecule has 0 aliphatic heterocycles. The van der Waals surface area contributed by atoms with E-state index in [1.54, 1.807) is 0 Å². The lowest BCUT2D eigenvalue weighted by atomic mass is 9.87. The SMILES string of the molecule is Cc1ccc(C(OC2CCCCC2C)C(C)N)o1. The first-order chi connectivity index (χ1) is 8.58. The summed E-state index contributed by atoms with van der Waals surface area (Å²) in [6, 6.07) is 3.90. The molecular formula is C15H25NO2. The highest BCUT2D eigenvalue weighted by molar-refractivity contribution is 5.10. The minimum Gasteiger partial charge on any atom is -0.464 e. The van der Waals surface area contributed by atoms with Crippen LogP contribution in [0.5, 0.6) is 0 Å². The third-order valence-electron chi connectivity index (χ3n) is 3.87. The second kappa shape index (κ2) is 5.89. The van der Waals surface area contributed by atoms with Gasteiger partial charge in [-0.1, -0.05) is 19.8 Å². The molecule has 1 aromatic heterocycles. The van der Waals surface area contributed by atoms with Gasteiger partial charge in [0.15, 0.2) is 0 Å². The summed E-state index contributed by atoms with van der Waals surface area (Å²) in [6.45, 7) is 6.20. The number of aryl methyl sites for hydroxylation is 1. The predicted molar refractivity (Wildman–Crippen MR) is 72.3 cm³/mol. The lowest BCUT2D eigenvalue weighted by Crippen LogP contribution is -2.34. The second-order valence-corrected chi connectivity index (χ2v) is 5.66. The van der Waals surface area contributed by atoms with E-state index in [0.717, 1.165) is 17.9 Å². The van der Waals surface area contributed by atoms with Crippen LogP contribution >= 0.6 is 0 Å². The second-order valence-electron chi connectivity index (χ2n) is 5.66. The Hall–Kier alpha value is -0.800. The molecule has 0 bridgehead atoms. The van der Waals surface area contributed by atoms with Crippen LogP contribution in [0.3, 0.4) is 0 Å². The monoisotopic (exact) mass is 251 g/mol. The van der Waals surface area contributed by atoms with Crippen molar-refractivity contribution in [2.45, 2.75) is 64.7 Å². The van der Waals surface area contributed by atoms with Gasteiger partial charge in [0.2, 0.25) is 0 Å². The Morgan fingerprint density at radius 2 is 2.06 bits per heavy atom. The van der Waals surface area contributed by atoms with E-state index in [1.165, 1.54) is 19.3 Å². The first kappa shape index (κ1) is 13.6. The Labute approximate surface area is 110 Å². The molecule has 1 fully saturated rings. The molecule has 1 aliphatic carbocycles. The number of furan rings is 1. The Bertz CT molecular complexity index is 372. The molecule has 18 heavy (non-hydrogen) atoms. The van der Waals surface area contributed by atoms with Gasteiger partial charge in [-0.3, -0.25) is 0 Å². The van der Waals surface area contributed by atoms with Gasteiger partial charge in [-0.25, -0.2) is 0 Å². The molecule has 1 saturated carbocycles. The van der Waals surface area contributed by atoms with E-state index in [4.69, 9.17) is 14.9 Å². The van der Waals surface area contributed by atoms with Crippen molar-refractivity contribution in [2.24, 2.45) is 11.7 Å². The zero-order valence-electron chi connectivity index (χ0n) is 11.7. The topological polar surface area (TPSA) is 48.4 Å². The molecule has 0 saturated heterocycles. The van der Waals surface area contributed by atoms with Crippen molar-refractivity contribution in [2.75, 3.05) is 0 Å². The van der Waals surface area contributed by atoms with Gasteiger partial charge in [0, 0.05) is 6.04 Å². The minimum absolute atomic E-state index is 0.0512. The number of hydrogen-bond donors (Lipinski definition) is 1. The lowest BCUT2D eigenvalue weighted by molar-refractivity contribution is -0.0732. The van der Waals surface area contributed by atoms with Crippen molar-refractivity contribution in [1.29, 1.82) is 0 Å². The first-order valence-corrected chi connectivity index (χ1v) is 7.05. The van der Waals surface area contributed by atoms with E-state index in [-0.39, 0.29) is 12.1 Å². The van der Waals surface area contributed by atoms with Crippen LogP contribution in [-0.4, -0.2) is 12.1 Å². The summed E-state index contributed by atoms with van der Waals surface area (Å²) in [4.78, 5) is 0. The van der Waals surface area contributed by atoms with Gasteiger partial charge in [0.25, 0.3) is 0 Å². The lowest BCUT2D eigenvalue weighted by Gasteiger charge is -2.33. The molecule has 4 unspecified atom stereocenters. The molecule has 1 heterocycles. The molecule has 0 spiro atoms. The van der Waals surface area contributed by atoms with Gasteiger partial charge < -0.3 is 14.9 Å². The van der Waals surface area contributed by atoms with Gasteiger partial charge in [0.1, 0.15) is 17.6 Å². The van der Waals surface area contributed by atoms with Crippen molar-refractivity contribution in [1.82, 2.24) is 0 Å². The zero-order valence-corrected chi connectivity index (χ0v) is 11.7. The number of nitrogens with two attached hydrogens (primary N) is 1. The molecular weight excluding hydrogens is 226 g/mol. The first-order valence-electron chi connectivity index (χ1n) is 7.05. The number of ether oxygens (including phenoxy) is 1. The average molecular weight is 251 g/mol. The van der Waals surface area contributed by atoms with E-state index in [9.17, 15) is 0 Å². The molecule has 0 amide bonds. The van der Waals surface area contributed by atoms with E-state index < -0.39 is 0 Å². The molecule has 102 valence electrons. The summed E-state index contributed by atoms with van der Waals surface area (Å²) in [5.74, 6) is 2.40. The highest BCUT2D eigenvalue weighted by Gasteiger charge is 2.29. The Balaban J connectivity index is 2.06. The average Bonchev–Trinajstić information content (AvgIpc) is 2.74. The minimum atomic E-state index is -0.121. The van der Waals surface area contributed by atoms with Crippen molar-refractivity contribution < 1.29 is 9.15 Å². The van der Waals surface area contributed by atoms with Crippen LogP contribution in [0, 0.1) is 12.8 Å². The quantitative estimate of drug-likeness (QED) is 0.890. The molecule has 1 aromatic rings. The normalized spacial score (nSPS) is 28.0. The maximum absolute atomic E-state index is 6.25. The largest absolute Gasteiger partial charge is 0.464 e. The van der Waals surface area contributed by atoms with E-state index >= 15 is 0 Å². The number of rotatable bonds is 4. The van der Waals surface area contributed by atoms with Gasteiger partial charge in [-0.2, -0.15) is 0 Å². The van der Waals surface area contributed by atoms with Crippen LogP contribution in [0.2, 0.25) is 0 Å². The van der Waals surface area contributed by atoms with Crippen molar-refractivity contribution in [3.63, 3.8) is 0 Å². The highest BCUT2D eigenvalue weighted by Crippen LogP contribution is 2.32. The van der Waals surface area contributed by atoms with Crippen molar-refractivity contribution >= 4 is 0 Å². The van der Waals surface area contributed by atoms with E-state index in [1.807, 2.05) is 26.0 Å². The zero-order chi connectivity index (χ0) is 13.1. The molecule has 0 aromatic carbocycles. The standard InChI is InChI=1S/C15H25NO2/c1-10-6-4-5-7-13(10)18-15(12(3)16)14-9-8-11(2)17-14/h8-10,12-13,15H,4-7,16H2,1-3H3. The summed E-state index contributed by atoms with van der Waals surface area (Å²) in [5, 5.41) is 0. The van der Waals surface area contributed by atoms with Crippen LogP contribution in [0.4, 0.5) is 0 Å². The summed E-state index contributed by atoms with van der Waals surface area (Å²) in [5.41, 5.74) is 6.06. The molecule has 2 rings (SSSR count). The van der Waals surface area contributed by atoms with E-state index in [2.05, 4.69) is 6.92 Å². The Morgan fingerprint density at radius 3 is 2.61 bits per heavy atom. The maximum atomic E-state index is 6.25. The van der Waals surface area contributed by atoms with Crippen LogP contribution < -0.4 is 5.73 Å². The van der Waals surface area contributed by atoms with Crippen molar-refractivity contribution in [3.05, 3.63) is 23.7 Å².